The van der Waals surface area contributed by atoms with Crippen LogP contribution in [0.1, 0.15) is 36.2 Å². The number of aromatic nitrogens is 3. The Morgan fingerprint density at radius 2 is 1.85 bits per heavy atom. The molecule has 2 unspecified atom stereocenters. The molecule has 0 spiro atoms. The van der Waals surface area contributed by atoms with Crippen molar-refractivity contribution in [3.63, 3.8) is 0 Å². The second-order valence-electron chi connectivity index (χ2n) is 9.46. The van der Waals surface area contributed by atoms with Gasteiger partial charge in [0.25, 0.3) is 5.91 Å². The van der Waals surface area contributed by atoms with Crippen molar-refractivity contribution in [1.82, 2.24) is 20.3 Å². The molecule has 1 saturated carbocycles. The largest absolute Gasteiger partial charge is 0.491 e. The maximum Gasteiger partial charge on any atom is 0.273 e. The number of benzene rings is 2. The predicted molar refractivity (Wildman–Crippen MR) is 148 cm³/mol. The van der Waals surface area contributed by atoms with E-state index in [0.717, 1.165) is 36.7 Å². The van der Waals surface area contributed by atoms with Gasteiger partial charge in [-0.3, -0.25) is 4.79 Å². The summed E-state index contributed by atoms with van der Waals surface area (Å²) >= 11 is 0. The summed E-state index contributed by atoms with van der Waals surface area (Å²) in [5, 5.41) is 9.32. The number of methoxy groups -OCH3 is 1. The molecule has 4 aromatic rings. The zero-order valence-corrected chi connectivity index (χ0v) is 22.1. The second-order valence-corrected chi connectivity index (χ2v) is 9.46. The molecule has 5 rings (SSSR count). The van der Waals surface area contributed by atoms with Crippen LogP contribution in [-0.4, -0.2) is 53.3 Å². The van der Waals surface area contributed by atoms with Crippen molar-refractivity contribution >= 4 is 23.4 Å². The van der Waals surface area contributed by atoms with E-state index in [1.165, 1.54) is 6.26 Å². The molecule has 208 valence electrons. The first-order chi connectivity index (χ1) is 19.6. The average Bonchev–Trinajstić information content (AvgIpc) is 3.48. The van der Waals surface area contributed by atoms with Crippen LogP contribution < -0.4 is 20.7 Å². The molecule has 3 N–H and O–H groups in total. The third-order valence-electron chi connectivity index (χ3n) is 6.52. The van der Waals surface area contributed by atoms with Gasteiger partial charge in [-0.2, -0.15) is 4.98 Å². The van der Waals surface area contributed by atoms with Crippen LogP contribution in [0.4, 0.5) is 21.8 Å². The number of rotatable bonds is 11. The van der Waals surface area contributed by atoms with E-state index in [-0.39, 0.29) is 35.5 Å². The number of anilines is 3. The second kappa shape index (κ2) is 13.0. The van der Waals surface area contributed by atoms with Gasteiger partial charge in [-0.15, -0.1) is 0 Å². The van der Waals surface area contributed by atoms with Crippen LogP contribution in [-0.2, 0) is 4.74 Å². The van der Waals surface area contributed by atoms with E-state index < -0.39 is 5.82 Å². The van der Waals surface area contributed by atoms with Crippen LogP contribution in [0.2, 0.25) is 0 Å². The number of carbonyl (C=O) groups excluding carboxylic acids is 1. The quantitative estimate of drug-likeness (QED) is 0.218. The topological polar surface area (TPSA) is 123 Å². The molecule has 0 aliphatic heterocycles. The smallest absolute Gasteiger partial charge is 0.273 e. The number of amides is 1. The minimum absolute atomic E-state index is 0.0722. The summed E-state index contributed by atoms with van der Waals surface area (Å²) in [5.74, 6) is 0.630. The Bertz CT molecular complexity index is 1400. The van der Waals surface area contributed by atoms with Gasteiger partial charge in [-0.05, 0) is 62.1 Å². The zero-order chi connectivity index (χ0) is 27.7. The highest BCUT2D eigenvalue weighted by Crippen LogP contribution is 2.25. The van der Waals surface area contributed by atoms with Crippen molar-refractivity contribution < 1.29 is 23.1 Å². The van der Waals surface area contributed by atoms with Crippen molar-refractivity contribution in [2.75, 3.05) is 31.0 Å². The Morgan fingerprint density at radius 3 is 2.65 bits per heavy atom. The molecule has 0 saturated heterocycles. The fraction of sp³-hybridized carbons (Fsp3) is 0.310. The number of halogens is 1. The van der Waals surface area contributed by atoms with Crippen LogP contribution >= 0.6 is 0 Å². The van der Waals surface area contributed by atoms with Gasteiger partial charge >= 0.3 is 0 Å². The number of nitrogens with zero attached hydrogens (tertiary/aromatic N) is 3. The van der Waals surface area contributed by atoms with Crippen molar-refractivity contribution in [1.29, 1.82) is 0 Å². The van der Waals surface area contributed by atoms with E-state index in [9.17, 15) is 9.18 Å². The Balaban J connectivity index is 1.16. The van der Waals surface area contributed by atoms with Gasteiger partial charge in [-0.1, -0.05) is 18.2 Å². The van der Waals surface area contributed by atoms with Crippen LogP contribution in [0.5, 0.6) is 5.75 Å². The Labute approximate surface area is 231 Å². The maximum atomic E-state index is 14.6. The fourth-order valence-electron chi connectivity index (χ4n) is 4.53. The standard InChI is InChI=1S/C29H31FN6O4/c1-38-14-15-39-23-12-10-20(11-13-23)34-29-31-17-24(30)26(36-29)32-21-8-5-9-22(16-21)33-27(37)25-18-40-28(35-25)19-6-3-2-4-7-19/h2-4,6-7,10-13,17-18,21-22H,5,8-9,14-16H2,1H3,(H,33,37)(H2,31,32,34,36). The molecule has 1 fully saturated rings. The van der Waals surface area contributed by atoms with Crippen LogP contribution in [0.15, 0.2) is 71.5 Å². The van der Waals surface area contributed by atoms with Crippen LogP contribution in [0.3, 0.4) is 0 Å². The highest BCUT2D eigenvalue weighted by atomic mass is 19.1. The van der Waals surface area contributed by atoms with Crippen molar-refractivity contribution in [3.05, 3.63) is 78.6 Å². The Hall–Kier alpha value is -4.51. The predicted octanol–water partition coefficient (Wildman–Crippen LogP) is 5.19. The van der Waals surface area contributed by atoms with Gasteiger partial charge in [0.05, 0.1) is 12.8 Å². The van der Waals surface area contributed by atoms with Crippen molar-refractivity contribution in [2.24, 2.45) is 0 Å². The molecule has 1 amide bonds. The number of nitrogens with one attached hydrogen (secondary N) is 3. The molecule has 0 bridgehead atoms. The number of hydrogen-bond acceptors (Lipinski definition) is 9. The first-order valence-electron chi connectivity index (χ1n) is 13.2. The molecule has 40 heavy (non-hydrogen) atoms. The summed E-state index contributed by atoms with van der Waals surface area (Å²) in [6.07, 6.45) is 5.63. The lowest BCUT2D eigenvalue weighted by molar-refractivity contribution is 0.0921. The number of oxazole rings is 1. The monoisotopic (exact) mass is 546 g/mol. The molecule has 0 radical (unpaired) electrons. The lowest BCUT2D eigenvalue weighted by atomic mass is 9.91. The Morgan fingerprint density at radius 1 is 1.05 bits per heavy atom. The lowest BCUT2D eigenvalue weighted by Crippen LogP contribution is -2.42. The molecule has 1 aliphatic carbocycles. The van der Waals surface area contributed by atoms with Gasteiger partial charge in [0.2, 0.25) is 11.8 Å². The number of hydrogen-bond donors (Lipinski definition) is 3. The summed E-state index contributed by atoms with van der Waals surface area (Å²) in [5.41, 5.74) is 1.76. The highest BCUT2D eigenvalue weighted by molar-refractivity contribution is 5.92. The average molecular weight is 547 g/mol. The molecule has 11 heteroatoms. The van der Waals surface area contributed by atoms with Gasteiger partial charge in [0, 0.05) is 30.4 Å². The van der Waals surface area contributed by atoms with E-state index in [2.05, 4.69) is 30.9 Å². The zero-order valence-electron chi connectivity index (χ0n) is 22.1. The molecule has 2 heterocycles. The molecular formula is C29H31FN6O4. The number of carbonyl (C=O) groups is 1. The van der Waals surface area contributed by atoms with E-state index >= 15 is 0 Å². The minimum atomic E-state index is -0.547. The lowest BCUT2D eigenvalue weighted by Gasteiger charge is -2.30. The minimum Gasteiger partial charge on any atom is -0.491 e. The summed E-state index contributed by atoms with van der Waals surface area (Å²) in [6.45, 7) is 0.963. The highest BCUT2D eigenvalue weighted by Gasteiger charge is 2.26. The molecular weight excluding hydrogens is 515 g/mol. The Kier molecular flexibility index (Phi) is 8.82. The fourth-order valence-corrected chi connectivity index (χ4v) is 4.53. The van der Waals surface area contributed by atoms with Gasteiger partial charge in [0.1, 0.15) is 18.6 Å². The summed E-state index contributed by atoms with van der Waals surface area (Å²) < 4.78 is 30.7. The van der Waals surface area contributed by atoms with Crippen molar-refractivity contribution in [2.45, 2.75) is 37.8 Å². The molecule has 2 atom stereocenters. The summed E-state index contributed by atoms with van der Waals surface area (Å²) in [7, 11) is 1.62. The summed E-state index contributed by atoms with van der Waals surface area (Å²) in [6, 6.07) is 16.5. The van der Waals surface area contributed by atoms with Gasteiger partial charge in [-0.25, -0.2) is 14.4 Å². The summed E-state index contributed by atoms with van der Waals surface area (Å²) in [4.78, 5) is 25.6. The van der Waals surface area contributed by atoms with Gasteiger partial charge < -0.3 is 29.8 Å². The molecule has 10 nitrogen and oxygen atoms in total. The number of ether oxygens (including phenoxy) is 2. The van der Waals surface area contributed by atoms with Crippen LogP contribution in [0.25, 0.3) is 11.5 Å². The maximum absolute atomic E-state index is 14.6. The van der Waals surface area contributed by atoms with Crippen molar-refractivity contribution in [3.8, 4) is 17.2 Å². The van der Waals surface area contributed by atoms with Gasteiger partial charge in [0.15, 0.2) is 17.3 Å². The van der Waals surface area contributed by atoms with Crippen LogP contribution in [0, 0.1) is 5.82 Å². The third-order valence-corrected chi connectivity index (χ3v) is 6.52. The van der Waals surface area contributed by atoms with E-state index in [4.69, 9.17) is 13.9 Å². The SMILES string of the molecule is COCCOc1ccc(Nc2ncc(F)c(NC3CCCC(NC(=O)c4coc(-c5ccccc5)n4)C3)n2)cc1. The first kappa shape index (κ1) is 27.1. The molecule has 2 aromatic heterocycles. The van der Waals surface area contributed by atoms with E-state index in [0.29, 0.717) is 31.3 Å². The molecule has 2 aromatic carbocycles. The molecule has 1 aliphatic rings. The first-order valence-corrected chi connectivity index (χ1v) is 13.2. The normalized spacial score (nSPS) is 16.8. The van der Waals surface area contributed by atoms with E-state index in [1.54, 1.807) is 7.11 Å². The van der Waals surface area contributed by atoms with E-state index in [1.807, 2.05) is 54.6 Å². The third kappa shape index (κ3) is 7.11.